The number of halogens is 1. The molecule has 5 nitrogen and oxygen atoms in total. The SMILES string of the molecule is CCCc1nc2ccc(Br)cc2c(=O)n1N=Cc1c(OCc2ccccc2)ccc2ccccc12. The Balaban J connectivity index is 1.62. The molecule has 0 saturated carbocycles. The zero-order chi connectivity index (χ0) is 24.2. The molecule has 6 heteroatoms. The monoisotopic (exact) mass is 525 g/mol. The Labute approximate surface area is 211 Å². The van der Waals surface area contributed by atoms with E-state index in [4.69, 9.17) is 9.72 Å². The van der Waals surface area contributed by atoms with Crippen LogP contribution in [0.25, 0.3) is 21.7 Å². The minimum atomic E-state index is -0.192. The molecule has 0 aliphatic heterocycles. The van der Waals surface area contributed by atoms with E-state index in [1.807, 2.05) is 72.8 Å². The first-order valence-electron chi connectivity index (χ1n) is 11.6. The molecule has 174 valence electrons. The molecule has 35 heavy (non-hydrogen) atoms. The van der Waals surface area contributed by atoms with Crippen LogP contribution in [0.1, 0.15) is 30.3 Å². The molecule has 0 spiro atoms. The van der Waals surface area contributed by atoms with Crippen molar-refractivity contribution in [2.45, 2.75) is 26.4 Å². The van der Waals surface area contributed by atoms with E-state index in [2.05, 4.69) is 34.0 Å². The molecule has 0 amide bonds. The second kappa shape index (κ2) is 10.2. The molecule has 0 N–H and O–H groups in total. The molecule has 5 rings (SSSR count). The standard InChI is InChI=1S/C29H24BrN3O2/c1-2-8-28-32-26-15-14-22(30)17-24(26)29(34)33(28)31-18-25-23-12-7-6-11-21(23)13-16-27(25)35-19-20-9-4-3-5-10-20/h3-7,9-18H,2,8,19H2,1H3. The molecular weight excluding hydrogens is 502 g/mol. The van der Waals surface area contributed by atoms with Gasteiger partial charge in [0, 0.05) is 16.5 Å². The number of hydrogen-bond acceptors (Lipinski definition) is 4. The molecule has 0 radical (unpaired) electrons. The van der Waals surface area contributed by atoms with Crippen molar-refractivity contribution in [2.24, 2.45) is 5.10 Å². The Bertz CT molecular complexity index is 1590. The van der Waals surface area contributed by atoms with Crippen LogP contribution < -0.4 is 10.3 Å². The quantitative estimate of drug-likeness (QED) is 0.221. The van der Waals surface area contributed by atoms with E-state index in [1.54, 1.807) is 12.3 Å². The minimum absolute atomic E-state index is 0.192. The summed E-state index contributed by atoms with van der Waals surface area (Å²) in [6.45, 7) is 2.50. The van der Waals surface area contributed by atoms with Crippen molar-refractivity contribution in [2.75, 3.05) is 0 Å². The van der Waals surface area contributed by atoms with Crippen LogP contribution in [0.15, 0.2) is 99.3 Å². The number of ether oxygens (including phenoxy) is 1. The minimum Gasteiger partial charge on any atom is -0.488 e. The van der Waals surface area contributed by atoms with Crippen molar-refractivity contribution in [1.82, 2.24) is 9.66 Å². The molecule has 1 aromatic heterocycles. The Kier molecular flexibility index (Phi) is 6.73. The third-order valence-electron chi connectivity index (χ3n) is 5.82. The first-order chi connectivity index (χ1) is 17.1. The molecule has 0 aliphatic rings. The molecule has 5 aromatic rings. The number of nitrogens with zero attached hydrogens (tertiary/aromatic N) is 3. The van der Waals surface area contributed by atoms with Gasteiger partial charge in [-0.25, -0.2) is 4.98 Å². The molecule has 0 aliphatic carbocycles. The summed E-state index contributed by atoms with van der Waals surface area (Å²) in [7, 11) is 0. The van der Waals surface area contributed by atoms with E-state index in [1.165, 1.54) is 4.68 Å². The van der Waals surface area contributed by atoms with Gasteiger partial charge in [-0.15, -0.1) is 0 Å². The average molecular weight is 526 g/mol. The number of fused-ring (bicyclic) bond motifs is 2. The van der Waals surface area contributed by atoms with Crippen molar-refractivity contribution >= 4 is 43.8 Å². The summed E-state index contributed by atoms with van der Waals surface area (Å²) in [4.78, 5) is 18.2. The largest absolute Gasteiger partial charge is 0.488 e. The third-order valence-corrected chi connectivity index (χ3v) is 6.31. The lowest BCUT2D eigenvalue weighted by atomic mass is 10.0. The lowest BCUT2D eigenvalue weighted by molar-refractivity contribution is 0.306. The highest BCUT2D eigenvalue weighted by atomic mass is 79.9. The van der Waals surface area contributed by atoms with Crippen LogP contribution in [-0.2, 0) is 13.0 Å². The summed E-state index contributed by atoms with van der Waals surface area (Å²) in [5.74, 6) is 1.34. The zero-order valence-corrected chi connectivity index (χ0v) is 20.9. The maximum atomic E-state index is 13.4. The van der Waals surface area contributed by atoms with Crippen LogP contribution in [-0.4, -0.2) is 15.9 Å². The second-order valence-corrected chi connectivity index (χ2v) is 9.19. The number of aromatic nitrogens is 2. The smallest absolute Gasteiger partial charge is 0.282 e. The van der Waals surface area contributed by atoms with Crippen molar-refractivity contribution in [3.63, 3.8) is 0 Å². The van der Waals surface area contributed by atoms with E-state index in [-0.39, 0.29) is 5.56 Å². The fraction of sp³-hybridized carbons (Fsp3) is 0.138. The molecule has 0 unspecified atom stereocenters. The summed E-state index contributed by atoms with van der Waals surface area (Å²) < 4.78 is 8.46. The lowest BCUT2D eigenvalue weighted by Gasteiger charge is -2.13. The van der Waals surface area contributed by atoms with Gasteiger partial charge in [0.2, 0.25) is 0 Å². The highest BCUT2D eigenvalue weighted by Crippen LogP contribution is 2.27. The number of hydrogen-bond donors (Lipinski definition) is 0. The fourth-order valence-corrected chi connectivity index (χ4v) is 4.45. The molecule has 0 fully saturated rings. The number of rotatable bonds is 7. The Morgan fingerprint density at radius 3 is 2.60 bits per heavy atom. The summed E-state index contributed by atoms with van der Waals surface area (Å²) in [6.07, 6.45) is 3.21. The van der Waals surface area contributed by atoms with Gasteiger partial charge >= 0.3 is 0 Å². The van der Waals surface area contributed by atoms with Gasteiger partial charge < -0.3 is 4.74 Å². The van der Waals surface area contributed by atoms with Gasteiger partial charge in [-0.1, -0.05) is 83.5 Å². The van der Waals surface area contributed by atoms with Gasteiger partial charge in [-0.3, -0.25) is 4.79 Å². The molecule has 1 heterocycles. The normalized spacial score (nSPS) is 11.5. The predicted octanol–water partition coefficient (Wildman–Crippen LogP) is 6.73. The highest BCUT2D eigenvalue weighted by Gasteiger charge is 2.12. The number of benzene rings is 4. The molecule has 0 atom stereocenters. The first kappa shape index (κ1) is 23.0. The van der Waals surface area contributed by atoms with E-state index in [0.29, 0.717) is 35.5 Å². The third kappa shape index (κ3) is 4.88. The highest BCUT2D eigenvalue weighted by molar-refractivity contribution is 9.10. The first-order valence-corrected chi connectivity index (χ1v) is 12.4. The fourth-order valence-electron chi connectivity index (χ4n) is 4.08. The van der Waals surface area contributed by atoms with Gasteiger partial charge in [0.15, 0.2) is 0 Å². The Morgan fingerprint density at radius 1 is 0.971 bits per heavy atom. The van der Waals surface area contributed by atoms with Gasteiger partial charge in [0.1, 0.15) is 18.2 Å². The zero-order valence-electron chi connectivity index (χ0n) is 19.3. The molecule has 4 aromatic carbocycles. The molecule has 0 bridgehead atoms. The second-order valence-electron chi connectivity index (χ2n) is 8.27. The van der Waals surface area contributed by atoms with Crippen LogP contribution in [0.2, 0.25) is 0 Å². The molecule has 0 saturated heterocycles. The predicted molar refractivity (Wildman–Crippen MR) is 145 cm³/mol. The van der Waals surface area contributed by atoms with Gasteiger partial charge in [0.25, 0.3) is 5.56 Å². The van der Waals surface area contributed by atoms with Crippen molar-refractivity contribution in [1.29, 1.82) is 0 Å². The van der Waals surface area contributed by atoms with Crippen LogP contribution >= 0.6 is 15.9 Å². The molecular formula is C29H24BrN3O2. The summed E-state index contributed by atoms with van der Waals surface area (Å²) in [6, 6.07) is 27.7. The van der Waals surface area contributed by atoms with Gasteiger partial charge in [0.05, 0.1) is 17.1 Å². The van der Waals surface area contributed by atoms with Crippen LogP contribution in [0.3, 0.4) is 0 Å². The summed E-state index contributed by atoms with van der Waals surface area (Å²) >= 11 is 3.46. The summed E-state index contributed by atoms with van der Waals surface area (Å²) in [5, 5.41) is 7.26. The Morgan fingerprint density at radius 2 is 1.77 bits per heavy atom. The van der Waals surface area contributed by atoms with E-state index >= 15 is 0 Å². The van der Waals surface area contributed by atoms with E-state index < -0.39 is 0 Å². The maximum absolute atomic E-state index is 13.4. The maximum Gasteiger partial charge on any atom is 0.282 e. The van der Waals surface area contributed by atoms with Crippen molar-refractivity contribution in [3.05, 3.63) is 117 Å². The van der Waals surface area contributed by atoms with E-state index in [0.717, 1.165) is 32.8 Å². The lowest BCUT2D eigenvalue weighted by Crippen LogP contribution is -2.22. The van der Waals surface area contributed by atoms with Crippen LogP contribution in [0.4, 0.5) is 0 Å². The summed E-state index contributed by atoms with van der Waals surface area (Å²) in [5.41, 5.74) is 2.38. The van der Waals surface area contributed by atoms with Crippen molar-refractivity contribution in [3.8, 4) is 5.75 Å². The van der Waals surface area contributed by atoms with Gasteiger partial charge in [-0.05, 0) is 47.0 Å². The van der Waals surface area contributed by atoms with Crippen LogP contribution in [0.5, 0.6) is 5.75 Å². The topological polar surface area (TPSA) is 56.5 Å². The number of aryl methyl sites for hydroxylation is 1. The van der Waals surface area contributed by atoms with Crippen LogP contribution in [0, 0.1) is 0 Å². The average Bonchev–Trinajstić information content (AvgIpc) is 2.89. The van der Waals surface area contributed by atoms with E-state index in [9.17, 15) is 4.79 Å². The van der Waals surface area contributed by atoms with Gasteiger partial charge in [-0.2, -0.15) is 9.78 Å². The Hall–Kier alpha value is -3.77. The van der Waals surface area contributed by atoms with Crippen molar-refractivity contribution < 1.29 is 4.74 Å².